The molecule has 0 spiro atoms. The first-order valence-corrected chi connectivity index (χ1v) is 8.49. The van der Waals surface area contributed by atoms with Gasteiger partial charge in [-0.2, -0.15) is 0 Å². The van der Waals surface area contributed by atoms with Crippen molar-refractivity contribution in [1.82, 2.24) is 0 Å². The van der Waals surface area contributed by atoms with Crippen LogP contribution in [0.5, 0.6) is 11.5 Å². The normalized spacial score (nSPS) is 18.4. The maximum absolute atomic E-state index is 12.6. The van der Waals surface area contributed by atoms with Crippen molar-refractivity contribution in [2.45, 2.75) is 12.3 Å². The van der Waals surface area contributed by atoms with Crippen LogP contribution in [0.1, 0.15) is 17.9 Å². The van der Waals surface area contributed by atoms with E-state index in [1.807, 2.05) is 72.8 Å². The molecule has 1 aliphatic carbocycles. The minimum Gasteiger partial charge on any atom is -0.455 e. The Balaban J connectivity index is 1.46. The Bertz CT molecular complexity index is 861. The molecule has 3 nitrogen and oxygen atoms in total. The molecule has 1 N–H and O–H groups in total. The fraction of sp³-hybridized carbons (Fsp3) is 0.136. The molecule has 3 aromatic rings. The lowest BCUT2D eigenvalue weighted by Crippen LogP contribution is -2.15. The topological polar surface area (TPSA) is 38.3 Å². The molecule has 0 radical (unpaired) electrons. The summed E-state index contributed by atoms with van der Waals surface area (Å²) in [5, 5.41) is 3.03. The van der Waals surface area contributed by atoms with Crippen LogP contribution in [0, 0.1) is 5.92 Å². The van der Waals surface area contributed by atoms with Gasteiger partial charge < -0.3 is 10.1 Å². The van der Waals surface area contributed by atoms with Crippen molar-refractivity contribution < 1.29 is 9.53 Å². The van der Waals surface area contributed by atoms with Crippen LogP contribution in [0.15, 0.2) is 84.9 Å². The molecule has 1 fully saturated rings. The van der Waals surface area contributed by atoms with E-state index in [1.165, 1.54) is 5.56 Å². The molecule has 0 aromatic heterocycles. The van der Waals surface area contributed by atoms with Crippen molar-refractivity contribution >= 4 is 11.6 Å². The SMILES string of the molecule is O=C(Nc1ccccc1Oc1ccccc1)[C@@H]1C[C@@H]1c1ccccc1. The molecule has 1 amide bonds. The number of para-hydroxylation sites is 3. The van der Waals surface area contributed by atoms with Crippen molar-refractivity contribution in [3.8, 4) is 11.5 Å². The highest BCUT2D eigenvalue weighted by Gasteiger charge is 2.43. The molecule has 124 valence electrons. The molecule has 0 heterocycles. The molecule has 3 heteroatoms. The van der Waals surface area contributed by atoms with Crippen molar-refractivity contribution in [3.05, 3.63) is 90.5 Å². The van der Waals surface area contributed by atoms with E-state index in [9.17, 15) is 4.79 Å². The molecule has 3 aromatic carbocycles. The predicted octanol–water partition coefficient (Wildman–Crippen LogP) is 5.22. The van der Waals surface area contributed by atoms with E-state index in [1.54, 1.807) is 0 Å². The summed E-state index contributed by atoms with van der Waals surface area (Å²) in [6.07, 6.45) is 0.900. The van der Waals surface area contributed by atoms with E-state index in [0.717, 1.165) is 12.2 Å². The van der Waals surface area contributed by atoms with Gasteiger partial charge in [-0.15, -0.1) is 0 Å². The third kappa shape index (κ3) is 3.56. The minimum atomic E-state index is 0.0344. The van der Waals surface area contributed by atoms with Gasteiger partial charge in [0.05, 0.1) is 5.69 Å². The van der Waals surface area contributed by atoms with E-state index in [-0.39, 0.29) is 11.8 Å². The first-order valence-electron chi connectivity index (χ1n) is 8.49. The zero-order valence-electron chi connectivity index (χ0n) is 13.8. The third-order valence-electron chi connectivity index (χ3n) is 4.47. The molecular formula is C22H19NO2. The number of amides is 1. The van der Waals surface area contributed by atoms with Gasteiger partial charge >= 0.3 is 0 Å². The molecule has 25 heavy (non-hydrogen) atoms. The van der Waals surface area contributed by atoms with Crippen LogP contribution in [0.25, 0.3) is 0 Å². The predicted molar refractivity (Wildman–Crippen MR) is 98.9 cm³/mol. The quantitative estimate of drug-likeness (QED) is 0.697. The summed E-state index contributed by atoms with van der Waals surface area (Å²) < 4.78 is 5.91. The van der Waals surface area contributed by atoms with Crippen molar-refractivity contribution in [2.24, 2.45) is 5.92 Å². The molecule has 2 atom stereocenters. The zero-order valence-corrected chi connectivity index (χ0v) is 13.8. The van der Waals surface area contributed by atoms with Crippen LogP contribution >= 0.6 is 0 Å². The van der Waals surface area contributed by atoms with Gasteiger partial charge in [0, 0.05) is 5.92 Å². The van der Waals surface area contributed by atoms with Crippen LogP contribution < -0.4 is 10.1 Å². The summed E-state index contributed by atoms with van der Waals surface area (Å²) in [5.74, 6) is 1.81. The maximum Gasteiger partial charge on any atom is 0.228 e. The summed E-state index contributed by atoms with van der Waals surface area (Å²) in [5.41, 5.74) is 1.94. The maximum atomic E-state index is 12.6. The average molecular weight is 329 g/mol. The van der Waals surface area contributed by atoms with Gasteiger partial charge in [0.1, 0.15) is 5.75 Å². The van der Waals surface area contributed by atoms with Crippen molar-refractivity contribution in [3.63, 3.8) is 0 Å². The number of rotatable bonds is 5. The molecular weight excluding hydrogens is 310 g/mol. The third-order valence-corrected chi connectivity index (χ3v) is 4.47. The highest BCUT2D eigenvalue weighted by Crippen LogP contribution is 2.48. The number of carbonyl (C=O) groups excluding carboxylic acids is 1. The lowest BCUT2D eigenvalue weighted by Gasteiger charge is -2.12. The van der Waals surface area contributed by atoms with Crippen LogP contribution in [0.4, 0.5) is 5.69 Å². The lowest BCUT2D eigenvalue weighted by molar-refractivity contribution is -0.117. The molecule has 0 saturated heterocycles. The second-order valence-corrected chi connectivity index (χ2v) is 6.26. The van der Waals surface area contributed by atoms with Crippen LogP contribution in [-0.4, -0.2) is 5.91 Å². The van der Waals surface area contributed by atoms with Gasteiger partial charge in [0.15, 0.2) is 5.75 Å². The lowest BCUT2D eigenvalue weighted by atomic mass is 10.1. The second kappa shape index (κ2) is 6.81. The Kier molecular flexibility index (Phi) is 4.21. The molecule has 0 bridgehead atoms. The second-order valence-electron chi connectivity index (χ2n) is 6.26. The monoisotopic (exact) mass is 329 g/mol. The van der Waals surface area contributed by atoms with Gasteiger partial charge in [-0.1, -0.05) is 60.7 Å². The summed E-state index contributed by atoms with van der Waals surface area (Å²) in [4.78, 5) is 12.6. The number of hydrogen-bond acceptors (Lipinski definition) is 2. The standard InChI is InChI=1S/C22H19NO2/c24-22(19-15-18(19)16-9-3-1-4-10-16)23-20-13-7-8-14-21(20)25-17-11-5-2-6-12-17/h1-14,18-19H,15H2,(H,23,24)/t18-,19-/m1/s1. The highest BCUT2D eigenvalue weighted by atomic mass is 16.5. The first kappa shape index (κ1) is 15.5. The van der Waals surface area contributed by atoms with Gasteiger partial charge in [-0.05, 0) is 42.2 Å². The zero-order chi connectivity index (χ0) is 17.1. The Morgan fingerprint density at radius 2 is 1.48 bits per heavy atom. The van der Waals surface area contributed by atoms with E-state index in [4.69, 9.17) is 4.74 Å². The molecule has 4 rings (SSSR count). The first-order chi connectivity index (χ1) is 12.3. The summed E-state index contributed by atoms with van der Waals surface area (Å²) in [6, 6.07) is 27.3. The minimum absolute atomic E-state index is 0.0344. The average Bonchev–Trinajstić information content (AvgIpc) is 3.46. The Morgan fingerprint density at radius 1 is 0.840 bits per heavy atom. The van der Waals surface area contributed by atoms with Gasteiger partial charge in [-0.25, -0.2) is 0 Å². The Hall–Kier alpha value is -3.07. The van der Waals surface area contributed by atoms with Gasteiger partial charge in [0.25, 0.3) is 0 Å². The molecule has 0 aliphatic heterocycles. The smallest absolute Gasteiger partial charge is 0.228 e. The molecule has 1 saturated carbocycles. The number of hydrogen-bond donors (Lipinski definition) is 1. The largest absolute Gasteiger partial charge is 0.455 e. The highest BCUT2D eigenvalue weighted by molar-refractivity contribution is 5.96. The van der Waals surface area contributed by atoms with Crippen LogP contribution in [-0.2, 0) is 4.79 Å². The fourth-order valence-corrected chi connectivity index (χ4v) is 3.05. The fourth-order valence-electron chi connectivity index (χ4n) is 3.05. The number of ether oxygens (including phenoxy) is 1. The van der Waals surface area contributed by atoms with Crippen molar-refractivity contribution in [2.75, 3.05) is 5.32 Å². The molecule has 1 aliphatic rings. The van der Waals surface area contributed by atoms with Gasteiger partial charge in [-0.3, -0.25) is 4.79 Å². The summed E-state index contributed by atoms with van der Waals surface area (Å²) in [7, 11) is 0. The summed E-state index contributed by atoms with van der Waals surface area (Å²) in [6.45, 7) is 0. The van der Waals surface area contributed by atoms with E-state index < -0.39 is 0 Å². The number of nitrogens with one attached hydrogen (secondary N) is 1. The summed E-state index contributed by atoms with van der Waals surface area (Å²) >= 11 is 0. The van der Waals surface area contributed by atoms with Crippen molar-refractivity contribution in [1.29, 1.82) is 0 Å². The van der Waals surface area contributed by atoms with E-state index in [2.05, 4.69) is 17.4 Å². The number of benzene rings is 3. The van der Waals surface area contributed by atoms with Gasteiger partial charge in [0.2, 0.25) is 5.91 Å². The van der Waals surface area contributed by atoms with E-state index in [0.29, 0.717) is 17.4 Å². The molecule has 0 unspecified atom stereocenters. The Morgan fingerprint density at radius 3 is 2.24 bits per heavy atom. The van der Waals surface area contributed by atoms with Crippen LogP contribution in [0.2, 0.25) is 0 Å². The number of anilines is 1. The van der Waals surface area contributed by atoms with Crippen LogP contribution in [0.3, 0.4) is 0 Å². The number of carbonyl (C=O) groups is 1. The van der Waals surface area contributed by atoms with E-state index >= 15 is 0 Å². The Labute approximate surface area is 147 Å².